The molecule has 2 aromatic carbocycles. The van der Waals surface area contributed by atoms with Gasteiger partial charge in [0.05, 0.1) is 12.8 Å². The molecule has 5 nitrogen and oxygen atoms in total. The van der Waals surface area contributed by atoms with E-state index in [0.717, 1.165) is 15.7 Å². The van der Waals surface area contributed by atoms with E-state index >= 15 is 0 Å². The van der Waals surface area contributed by atoms with Gasteiger partial charge in [0.25, 0.3) is 5.91 Å². The van der Waals surface area contributed by atoms with E-state index in [0.29, 0.717) is 12.0 Å². The maximum absolute atomic E-state index is 11.8. The second kappa shape index (κ2) is 8.88. The van der Waals surface area contributed by atoms with Gasteiger partial charge in [0.2, 0.25) is 0 Å². The summed E-state index contributed by atoms with van der Waals surface area (Å²) in [7, 11) is 0. The summed E-state index contributed by atoms with van der Waals surface area (Å²) >= 11 is 3.35. The number of hydrogen-bond donors (Lipinski definition) is 3. The third-order valence-electron chi connectivity index (χ3n) is 3.21. The number of aromatic hydroxyl groups is 1. The fraction of sp³-hybridized carbons (Fsp3) is 0.111. The third kappa shape index (κ3) is 5.24. The van der Waals surface area contributed by atoms with Crippen LogP contribution in [0.4, 0.5) is 5.69 Å². The maximum atomic E-state index is 11.8. The molecule has 24 heavy (non-hydrogen) atoms. The van der Waals surface area contributed by atoms with E-state index in [-0.39, 0.29) is 18.2 Å². The number of phenols is 1. The molecule has 6 heteroatoms. The monoisotopic (exact) mass is 387 g/mol. The Labute approximate surface area is 149 Å². The van der Waals surface area contributed by atoms with Crippen LogP contribution in [0.3, 0.4) is 0 Å². The standard InChI is InChI=1S/C18H18BrN3O2/c1-2-4-13-5-3-6-14(18(13)24)11-21-22-17(23)12-20-16-9-7-15(19)8-10-16/h2-3,5-11,20,24H,1,4,12H2,(H,22,23). The summed E-state index contributed by atoms with van der Waals surface area (Å²) < 4.78 is 0.973. The summed E-state index contributed by atoms with van der Waals surface area (Å²) in [6, 6.07) is 12.9. The zero-order valence-electron chi connectivity index (χ0n) is 13.0. The van der Waals surface area contributed by atoms with Crippen molar-refractivity contribution in [2.45, 2.75) is 6.42 Å². The van der Waals surface area contributed by atoms with Gasteiger partial charge in [-0.2, -0.15) is 5.10 Å². The summed E-state index contributed by atoms with van der Waals surface area (Å²) in [6.07, 6.45) is 3.70. The van der Waals surface area contributed by atoms with E-state index < -0.39 is 0 Å². The first kappa shape index (κ1) is 17.7. The fourth-order valence-electron chi connectivity index (χ4n) is 2.00. The number of rotatable bonds is 7. The highest BCUT2D eigenvalue weighted by molar-refractivity contribution is 9.10. The molecule has 0 spiro atoms. The highest BCUT2D eigenvalue weighted by atomic mass is 79.9. The molecule has 0 saturated heterocycles. The second-order valence-electron chi connectivity index (χ2n) is 5.00. The molecular weight excluding hydrogens is 370 g/mol. The number of benzene rings is 2. The Morgan fingerprint density at radius 3 is 2.71 bits per heavy atom. The Balaban J connectivity index is 1.87. The van der Waals surface area contributed by atoms with Crippen molar-refractivity contribution < 1.29 is 9.90 Å². The number of carbonyl (C=O) groups excluding carboxylic acids is 1. The number of phenolic OH excluding ortho intramolecular Hbond substituents is 1. The van der Waals surface area contributed by atoms with Crippen LogP contribution in [0.15, 0.2) is 64.7 Å². The minimum absolute atomic E-state index is 0.0987. The third-order valence-corrected chi connectivity index (χ3v) is 3.73. The molecule has 3 N–H and O–H groups in total. The molecule has 0 aromatic heterocycles. The lowest BCUT2D eigenvalue weighted by atomic mass is 10.1. The molecule has 0 atom stereocenters. The van der Waals surface area contributed by atoms with Gasteiger partial charge in [0.15, 0.2) is 0 Å². The minimum Gasteiger partial charge on any atom is -0.507 e. The Morgan fingerprint density at radius 1 is 1.25 bits per heavy atom. The average molecular weight is 388 g/mol. The average Bonchev–Trinajstić information content (AvgIpc) is 2.58. The lowest BCUT2D eigenvalue weighted by molar-refractivity contribution is -0.119. The number of hydrazone groups is 1. The summed E-state index contributed by atoms with van der Waals surface area (Å²) in [4.78, 5) is 11.8. The lowest BCUT2D eigenvalue weighted by Gasteiger charge is -2.06. The predicted octanol–water partition coefficient (Wildman–Crippen LogP) is 3.45. The zero-order valence-corrected chi connectivity index (χ0v) is 14.6. The molecule has 0 fully saturated rings. The summed E-state index contributed by atoms with van der Waals surface area (Å²) in [6.45, 7) is 3.75. The van der Waals surface area contributed by atoms with Crippen LogP contribution in [-0.4, -0.2) is 23.8 Å². The SMILES string of the molecule is C=CCc1cccc(C=NNC(=O)CNc2ccc(Br)cc2)c1O. The minimum atomic E-state index is -0.282. The van der Waals surface area contributed by atoms with Crippen molar-refractivity contribution in [3.63, 3.8) is 0 Å². The Morgan fingerprint density at radius 2 is 2.00 bits per heavy atom. The first-order valence-corrected chi connectivity index (χ1v) is 8.12. The quantitative estimate of drug-likeness (QED) is 0.387. The largest absolute Gasteiger partial charge is 0.507 e. The van der Waals surface area contributed by atoms with Crippen molar-refractivity contribution in [3.05, 3.63) is 70.7 Å². The van der Waals surface area contributed by atoms with Gasteiger partial charge in [0.1, 0.15) is 5.75 Å². The first-order valence-electron chi connectivity index (χ1n) is 7.33. The molecule has 0 heterocycles. The van der Waals surface area contributed by atoms with Crippen LogP contribution in [0, 0.1) is 0 Å². The number of nitrogens with one attached hydrogen (secondary N) is 2. The number of halogens is 1. The highest BCUT2D eigenvalue weighted by Gasteiger charge is 2.04. The number of allylic oxidation sites excluding steroid dienone is 1. The molecule has 2 rings (SSSR count). The number of para-hydroxylation sites is 1. The molecule has 1 amide bonds. The molecular formula is C18H18BrN3O2. The van der Waals surface area contributed by atoms with Crippen molar-refractivity contribution in [2.24, 2.45) is 5.10 Å². The van der Waals surface area contributed by atoms with E-state index in [4.69, 9.17) is 0 Å². The number of amides is 1. The van der Waals surface area contributed by atoms with Crippen LogP contribution in [0.2, 0.25) is 0 Å². The van der Waals surface area contributed by atoms with Crippen molar-refractivity contribution in [3.8, 4) is 5.75 Å². The number of hydrogen-bond acceptors (Lipinski definition) is 4. The molecule has 0 radical (unpaired) electrons. The van der Waals surface area contributed by atoms with Crippen LogP contribution in [0.5, 0.6) is 5.75 Å². The van der Waals surface area contributed by atoms with Gasteiger partial charge in [-0.15, -0.1) is 6.58 Å². The van der Waals surface area contributed by atoms with Crippen LogP contribution in [-0.2, 0) is 11.2 Å². The summed E-state index contributed by atoms with van der Waals surface area (Å²) in [5.41, 5.74) is 4.56. The van der Waals surface area contributed by atoms with Gasteiger partial charge in [0, 0.05) is 15.7 Å². The smallest absolute Gasteiger partial charge is 0.259 e. The molecule has 0 aliphatic heterocycles. The van der Waals surface area contributed by atoms with Crippen molar-refractivity contribution in [2.75, 3.05) is 11.9 Å². The van der Waals surface area contributed by atoms with Crippen molar-refractivity contribution in [1.29, 1.82) is 0 Å². The van der Waals surface area contributed by atoms with Crippen LogP contribution in [0.1, 0.15) is 11.1 Å². The van der Waals surface area contributed by atoms with E-state index in [1.54, 1.807) is 12.1 Å². The predicted molar refractivity (Wildman–Crippen MR) is 100 cm³/mol. The topological polar surface area (TPSA) is 73.7 Å². The molecule has 0 saturated carbocycles. The van der Waals surface area contributed by atoms with Gasteiger partial charge >= 0.3 is 0 Å². The van der Waals surface area contributed by atoms with Gasteiger partial charge in [-0.05, 0) is 42.3 Å². The number of anilines is 1. The van der Waals surface area contributed by atoms with Gasteiger partial charge in [-0.3, -0.25) is 4.79 Å². The summed E-state index contributed by atoms with van der Waals surface area (Å²) in [5, 5.41) is 17.0. The molecule has 0 aliphatic carbocycles. The van der Waals surface area contributed by atoms with E-state index in [2.05, 4.69) is 38.4 Å². The molecule has 0 aliphatic rings. The fourth-order valence-corrected chi connectivity index (χ4v) is 2.26. The van der Waals surface area contributed by atoms with Gasteiger partial charge < -0.3 is 10.4 Å². The van der Waals surface area contributed by atoms with Crippen LogP contribution >= 0.6 is 15.9 Å². The highest BCUT2D eigenvalue weighted by Crippen LogP contribution is 2.21. The second-order valence-corrected chi connectivity index (χ2v) is 5.92. The Hall–Kier alpha value is -2.60. The van der Waals surface area contributed by atoms with Gasteiger partial charge in [-0.1, -0.05) is 34.1 Å². The van der Waals surface area contributed by atoms with Crippen molar-refractivity contribution in [1.82, 2.24) is 5.43 Å². The first-order chi connectivity index (χ1) is 11.6. The molecule has 2 aromatic rings. The van der Waals surface area contributed by atoms with Crippen molar-refractivity contribution >= 4 is 33.7 Å². The van der Waals surface area contributed by atoms with E-state index in [1.165, 1.54) is 6.21 Å². The number of nitrogens with zero attached hydrogens (tertiary/aromatic N) is 1. The molecule has 0 bridgehead atoms. The van der Waals surface area contributed by atoms with Gasteiger partial charge in [-0.25, -0.2) is 5.43 Å². The number of carbonyl (C=O) groups is 1. The molecule has 0 unspecified atom stereocenters. The molecule has 124 valence electrons. The normalized spacial score (nSPS) is 10.5. The maximum Gasteiger partial charge on any atom is 0.259 e. The lowest BCUT2D eigenvalue weighted by Crippen LogP contribution is -2.25. The Kier molecular flexibility index (Phi) is 6.57. The van der Waals surface area contributed by atoms with Crippen LogP contribution in [0.25, 0.3) is 0 Å². The Bertz CT molecular complexity index is 742. The summed E-state index contributed by atoms with van der Waals surface area (Å²) in [5.74, 6) is -0.140. The van der Waals surface area contributed by atoms with Crippen LogP contribution < -0.4 is 10.7 Å². The zero-order chi connectivity index (χ0) is 17.4. The van der Waals surface area contributed by atoms with E-state index in [9.17, 15) is 9.90 Å². The van der Waals surface area contributed by atoms with E-state index in [1.807, 2.05) is 36.4 Å².